The second kappa shape index (κ2) is 11.8. The topological polar surface area (TPSA) is 152 Å². The maximum Gasteiger partial charge on any atom is 0.270 e. The fourth-order valence-corrected chi connectivity index (χ4v) is 6.19. The molecule has 0 spiro atoms. The fraction of sp³-hybridized carbons (Fsp3) is 0.321. The molecule has 204 valence electrons. The number of fused-ring (bicyclic) bond motifs is 1. The van der Waals surface area contributed by atoms with Crippen LogP contribution in [0.25, 0.3) is 10.9 Å². The summed E-state index contributed by atoms with van der Waals surface area (Å²) in [5.41, 5.74) is 6.73. The Morgan fingerprint density at radius 2 is 1.85 bits per heavy atom. The zero-order valence-electron chi connectivity index (χ0n) is 21.7. The molecule has 2 aromatic heterocycles. The maximum atomic E-state index is 14.0. The van der Waals surface area contributed by atoms with Crippen LogP contribution in [0.15, 0.2) is 78.0 Å². The number of para-hydroxylation sites is 1. The molecule has 2 unspecified atom stereocenters. The summed E-state index contributed by atoms with van der Waals surface area (Å²) in [4.78, 5) is 50.0. The number of nitrogens with zero attached hydrogens (tertiary/aromatic N) is 3. The molecule has 0 saturated carbocycles. The SMILES string of the molecule is CC(C)C[C@H](NC(=O)c1ccc2ccccc2n1)C(=O)N1CCC=CC(N)C(=O)C1S(=O)(=O)c1ccccn1. The van der Waals surface area contributed by atoms with Crippen molar-refractivity contribution in [1.29, 1.82) is 0 Å². The number of sulfone groups is 1. The van der Waals surface area contributed by atoms with Gasteiger partial charge in [0.2, 0.25) is 21.1 Å². The second-order valence-corrected chi connectivity index (χ2v) is 11.7. The molecule has 3 N–H and O–H groups in total. The molecule has 1 aromatic carbocycles. The molecule has 0 saturated heterocycles. The number of hydrogen-bond acceptors (Lipinski definition) is 8. The first-order valence-electron chi connectivity index (χ1n) is 12.7. The molecular weight excluding hydrogens is 518 g/mol. The summed E-state index contributed by atoms with van der Waals surface area (Å²) in [5.74, 6) is -2.17. The molecule has 3 atom stereocenters. The van der Waals surface area contributed by atoms with Crippen molar-refractivity contribution >= 4 is 38.3 Å². The van der Waals surface area contributed by atoms with Gasteiger partial charge in [0.1, 0.15) is 11.7 Å². The van der Waals surface area contributed by atoms with E-state index in [0.29, 0.717) is 5.52 Å². The van der Waals surface area contributed by atoms with Crippen molar-refractivity contribution in [1.82, 2.24) is 20.2 Å². The molecule has 2 amide bonds. The number of ketones is 1. The molecule has 1 aliphatic heterocycles. The first-order chi connectivity index (χ1) is 18.6. The first-order valence-corrected chi connectivity index (χ1v) is 14.2. The monoisotopic (exact) mass is 549 g/mol. The molecule has 0 radical (unpaired) electrons. The van der Waals surface area contributed by atoms with E-state index in [9.17, 15) is 22.8 Å². The van der Waals surface area contributed by atoms with Gasteiger partial charge in [-0.1, -0.05) is 56.3 Å². The van der Waals surface area contributed by atoms with Gasteiger partial charge in [0.05, 0.1) is 11.6 Å². The van der Waals surface area contributed by atoms with Crippen LogP contribution < -0.4 is 11.1 Å². The quantitative estimate of drug-likeness (QED) is 0.426. The highest BCUT2D eigenvalue weighted by Gasteiger charge is 2.45. The standard InChI is InChI=1S/C28H31N5O5S/c1-18(2)17-23(32-26(35)22-14-13-19-9-3-4-11-21(19)31-22)27(36)33-16-8-6-10-20(29)25(34)28(33)39(37,38)24-12-5-7-15-30-24/h3-7,9-15,18,20,23,28H,8,16-17,29H2,1-2H3,(H,32,35)/t20?,23-,28?/m0/s1. The Labute approximate surface area is 227 Å². The Morgan fingerprint density at radius 3 is 2.56 bits per heavy atom. The summed E-state index contributed by atoms with van der Waals surface area (Å²) < 4.78 is 27.4. The molecule has 0 fully saturated rings. The average Bonchev–Trinajstić information content (AvgIpc) is 2.92. The van der Waals surface area contributed by atoms with Gasteiger partial charge >= 0.3 is 0 Å². The van der Waals surface area contributed by atoms with Crippen molar-refractivity contribution in [2.75, 3.05) is 6.54 Å². The highest BCUT2D eigenvalue weighted by Crippen LogP contribution is 2.23. The average molecular weight is 550 g/mol. The van der Waals surface area contributed by atoms with Crippen LogP contribution in [-0.4, -0.2) is 64.9 Å². The minimum Gasteiger partial charge on any atom is -0.339 e. The molecule has 39 heavy (non-hydrogen) atoms. The van der Waals surface area contributed by atoms with Gasteiger partial charge in [0.25, 0.3) is 5.91 Å². The minimum absolute atomic E-state index is 0.0396. The van der Waals surface area contributed by atoms with Crippen LogP contribution in [0, 0.1) is 5.92 Å². The van der Waals surface area contributed by atoms with Crippen molar-refractivity contribution in [2.24, 2.45) is 11.7 Å². The van der Waals surface area contributed by atoms with Crippen LogP contribution in [0.3, 0.4) is 0 Å². The molecular formula is C28H31N5O5S. The summed E-state index contributed by atoms with van der Waals surface area (Å²) >= 11 is 0. The molecule has 1 aliphatic rings. The lowest BCUT2D eigenvalue weighted by Gasteiger charge is -2.35. The van der Waals surface area contributed by atoms with Crippen molar-refractivity contribution in [3.63, 3.8) is 0 Å². The van der Waals surface area contributed by atoms with Gasteiger partial charge in [-0.2, -0.15) is 0 Å². The number of carbonyl (C=O) groups excluding carboxylic acids is 3. The number of Topliss-reactive ketones (excluding diaryl/α,β-unsaturated/α-hetero) is 1. The Kier molecular flexibility index (Phi) is 8.51. The van der Waals surface area contributed by atoms with E-state index in [1.165, 1.54) is 24.4 Å². The van der Waals surface area contributed by atoms with Crippen LogP contribution in [0.4, 0.5) is 0 Å². The number of nitrogens with two attached hydrogens (primary N) is 1. The molecule has 3 heterocycles. The van der Waals surface area contributed by atoms with Crippen molar-refractivity contribution in [2.45, 2.75) is 49.2 Å². The predicted molar refractivity (Wildman–Crippen MR) is 146 cm³/mol. The summed E-state index contributed by atoms with van der Waals surface area (Å²) in [6, 6.07) is 12.6. The largest absolute Gasteiger partial charge is 0.339 e. The Balaban J connectivity index is 1.70. The van der Waals surface area contributed by atoms with E-state index in [2.05, 4.69) is 15.3 Å². The highest BCUT2D eigenvalue weighted by atomic mass is 32.2. The smallest absolute Gasteiger partial charge is 0.270 e. The molecule has 3 aromatic rings. The van der Waals surface area contributed by atoms with E-state index < -0.39 is 44.9 Å². The van der Waals surface area contributed by atoms with Crippen molar-refractivity contribution < 1.29 is 22.8 Å². The second-order valence-electron chi connectivity index (χ2n) is 9.79. The van der Waals surface area contributed by atoms with Crippen LogP contribution in [0.2, 0.25) is 0 Å². The van der Waals surface area contributed by atoms with Gasteiger partial charge in [-0.05, 0) is 43.0 Å². The lowest BCUT2D eigenvalue weighted by molar-refractivity contribution is -0.139. The van der Waals surface area contributed by atoms with Crippen LogP contribution in [-0.2, 0) is 19.4 Å². The third kappa shape index (κ3) is 6.21. The Morgan fingerprint density at radius 1 is 1.10 bits per heavy atom. The maximum absolute atomic E-state index is 14.0. The van der Waals surface area contributed by atoms with E-state index >= 15 is 0 Å². The normalized spacial score (nSPS) is 19.0. The fourth-order valence-electron chi connectivity index (χ4n) is 4.48. The van der Waals surface area contributed by atoms with E-state index in [4.69, 9.17) is 5.73 Å². The number of aromatic nitrogens is 2. The molecule has 4 rings (SSSR count). The van der Waals surface area contributed by atoms with Crippen molar-refractivity contribution in [3.8, 4) is 0 Å². The Hall–Kier alpha value is -3.96. The zero-order valence-corrected chi connectivity index (χ0v) is 22.5. The predicted octanol–water partition coefficient (Wildman–Crippen LogP) is 2.26. The number of carbonyl (C=O) groups is 3. The van der Waals surface area contributed by atoms with Crippen molar-refractivity contribution in [3.05, 3.63) is 78.6 Å². The van der Waals surface area contributed by atoms with E-state index in [0.717, 1.165) is 10.3 Å². The van der Waals surface area contributed by atoms with Crippen LogP contribution >= 0.6 is 0 Å². The van der Waals surface area contributed by atoms with Gasteiger partial charge < -0.3 is 16.0 Å². The molecule has 11 heteroatoms. The molecule has 10 nitrogen and oxygen atoms in total. The highest BCUT2D eigenvalue weighted by molar-refractivity contribution is 7.92. The van der Waals surface area contributed by atoms with Crippen LogP contribution in [0.1, 0.15) is 37.2 Å². The minimum atomic E-state index is -4.44. The number of pyridine rings is 2. The van der Waals surface area contributed by atoms with E-state index in [1.807, 2.05) is 32.0 Å². The summed E-state index contributed by atoms with van der Waals surface area (Å²) in [7, 11) is -4.44. The van der Waals surface area contributed by atoms with E-state index in [-0.39, 0.29) is 36.0 Å². The lowest BCUT2D eigenvalue weighted by Crippen LogP contribution is -2.59. The molecule has 0 bridgehead atoms. The number of benzene rings is 1. The summed E-state index contributed by atoms with van der Waals surface area (Å²) in [6.45, 7) is 3.68. The van der Waals surface area contributed by atoms with E-state index in [1.54, 1.807) is 30.3 Å². The Bertz CT molecular complexity index is 1510. The first kappa shape index (κ1) is 28.1. The lowest BCUT2D eigenvalue weighted by atomic mass is 10.0. The zero-order chi connectivity index (χ0) is 28.2. The summed E-state index contributed by atoms with van der Waals surface area (Å²) in [5, 5.41) is 1.35. The summed E-state index contributed by atoms with van der Waals surface area (Å²) in [6.07, 6.45) is 4.85. The number of rotatable bonds is 7. The van der Waals surface area contributed by atoms with Gasteiger partial charge in [-0.25, -0.2) is 18.4 Å². The van der Waals surface area contributed by atoms with Gasteiger partial charge in [0.15, 0.2) is 10.8 Å². The van der Waals surface area contributed by atoms with Crippen LogP contribution in [0.5, 0.6) is 0 Å². The third-order valence-corrected chi connectivity index (χ3v) is 8.28. The van der Waals surface area contributed by atoms with Gasteiger partial charge in [-0.15, -0.1) is 0 Å². The number of nitrogens with one attached hydrogen (secondary N) is 1. The number of amides is 2. The van der Waals surface area contributed by atoms with Gasteiger partial charge in [0, 0.05) is 18.1 Å². The van der Waals surface area contributed by atoms with Gasteiger partial charge in [-0.3, -0.25) is 14.4 Å². The number of hydrogen-bond donors (Lipinski definition) is 2. The molecule has 0 aliphatic carbocycles. The third-order valence-electron chi connectivity index (χ3n) is 6.38.